The second-order valence-electron chi connectivity index (χ2n) is 22.3. The molecule has 0 saturated heterocycles. The Balaban J connectivity index is 0.712. The number of benzene rings is 2. The van der Waals surface area contributed by atoms with Gasteiger partial charge in [-0.2, -0.15) is 15.0 Å². The molecule has 2 unspecified atom stereocenters. The minimum Gasteiger partial charge on any atom is -0.507 e. The monoisotopic (exact) mass is 1110 g/mol. The van der Waals surface area contributed by atoms with E-state index < -0.39 is 26.8 Å². The molecule has 5 aliphatic rings. The van der Waals surface area contributed by atoms with Crippen molar-refractivity contribution in [2.24, 2.45) is 33.5 Å². The Morgan fingerprint density at radius 3 is 1.89 bits per heavy atom. The number of amides is 2. The highest BCUT2D eigenvalue weighted by Crippen LogP contribution is 2.68. The first kappa shape index (κ1) is 58.8. The number of anilines is 2. The summed E-state index contributed by atoms with van der Waals surface area (Å²) < 4.78 is 52.7. The summed E-state index contributed by atoms with van der Waals surface area (Å²) in [6.07, 6.45) is 13.6. The molecular formula is C59H78N8O11S. The van der Waals surface area contributed by atoms with E-state index in [-0.39, 0.29) is 109 Å². The number of unbranched alkanes of at least 4 members (excludes halogenated alkanes) is 2. The number of carbonyl (C=O) groups is 4. The third-order valence-corrected chi connectivity index (χ3v) is 18.8. The first-order valence-corrected chi connectivity index (χ1v) is 29.4. The molecular weight excluding hydrogens is 1030 g/mol. The number of Topliss-reactive ketones (excluding diaryl/α,β-unsaturated/α-hetero) is 2. The number of ether oxygens (including phenoxy) is 4. The molecule has 4 aliphatic carbocycles. The van der Waals surface area contributed by atoms with Gasteiger partial charge in [-0.3, -0.25) is 19.2 Å². The molecule has 20 heteroatoms. The van der Waals surface area contributed by atoms with Crippen LogP contribution in [0.5, 0.6) is 11.8 Å². The molecule has 4 fully saturated rings. The molecule has 4 bridgehead atoms. The second kappa shape index (κ2) is 25.4. The normalized spacial score (nSPS) is 23.7. The number of ketones is 2. The Kier molecular flexibility index (Phi) is 18.9. The molecule has 3 aromatic rings. The number of sulfonamides is 1. The zero-order valence-electron chi connectivity index (χ0n) is 46.4. The van der Waals surface area contributed by atoms with Gasteiger partial charge in [0.15, 0.2) is 11.6 Å². The van der Waals surface area contributed by atoms with E-state index in [2.05, 4.69) is 69.1 Å². The van der Waals surface area contributed by atoms with Gasteiger partial charge in [0.1, 0.15) is 5.75 Å². The van der Waals surface area contributed by atoms with Crippen molar-refractivity contribution in [3.8, 4) is 11.8 Å². The molecule has 8 rings (SSSR count). The fraction of sp³-hybridized carbons (Fsp3) is 0.542. The number of carbonyl (C=O) groups excluding carboxylic acids is 4. The Morgan fingerprint density at radius 1 is 0.722 bits per heavy atom. The van der Waals surface area contributed by atoms with E-state index in [1.54, 1.807) is 23.1 Å². The Morgan fingerprint density at radius 2 is 1.29 bits per heavy atom. The summed E-state index contributed by atoms with van der Waals surface area (Å²) in [5.74, 6) is 0.00793. The van der Waals surface area contributed by atoms with Crippen LogP contribution in [-0.4, -0.2) is 141 Å². The SMILES string of the molecule is C=C1C=CC(=O)N1CCCCCOc1nc(NCCNC(=O)c2ccccc2O)nc(NCCOCCOCCOCCNS(=O)(=O)CC23CC[C@@H](/C(=C/c4ccc(/C=C5\C(=O)C6(CC)CC[C@@H]5C6(C)C)cc4)C2=O)C3(C)C)n1. The number of hydrogen-bond donors (Lipinski definition) is 5. The molecule has 1 aromatic heterocycles. The van der Waals surface area contributed by atoms with Gasteiger partial charge in [0, 0.05) is 55.5 Å². The number of hydrogen-bond acceptors (Lipinski definition) is 16. The number of aromatic nitrogens is 3. The highest BCUT2D eigenvalue weighted by atomic mass is 32.2. The maximum atomic E-state index is 14.3. The minimum atomic E-state index is -3.83. The standard InChI is InChI=1S/C59H78N8O11S/c1-7-58-23-21-46(56(58,3)4)44(50(58)70)37-41-16-18-42(19-17-41)38-45-47-22-24-59(51(45)71,57(47,5)6)39-79(73,74)63-28-32-76-34-36-77-35-33-75-31-27-62-54-64-53(61-26-25-60-52(72)43-13-9-10-14-48(43)68)65-55(66-54)78-30-12-8-11-29-67-40(2)15-20-49(67)69/h9-10,13-20,37-38,46-47,63,68H,2,7-8,11-12,21-36,39H2,1,3-6H3,(H,60,72)(H2,61,62,64,65,66)/b44-37-,45-38-/t46-,47-,58?,59?/m0/s1. The van der Waals surface area contributed by atoms with Crippen molar-refractivity contribution in [1.82, 2.24) is 29.9 Å². The lowest BCUT2D eigenvalue weighted by Gasteiger charge is -2.35. The third-order valence-electron chi connectivity index (χ3n) is 17.3. The van der Waals surface area contributed by atoms with E-state index >= 15 is 0 Å². The van der Waals surface area contributed by atoms with Gasteiger partial charge in [-0.25, -0.2) is 13.1 Å². The van der Waals surface area contributed by atoms with Crippen molar-refractivity contribution >= 4 is 57.5 Å². The number of allylic oxidation sites excluding steroid dienone is 3. The zero-order valence-corrected chi connectivity index (χ0v) is 47.2. The van der Waals surface area contributed by atoms with E-state index in [1.807, 2.05) is 44.2 Å². The molecule has 2 heterocycles. The smallest absolute Gasteiger partial charge is 0.323 e. The number of rotatable bonds is 31. The van der Waals surface area contributed by atoms with Crippen LogP contribution in [0, 0.1) is 33.5 Å². The summed E-state index contributed by atoms with van der Waals surface area (Å²) in [6.45, 7) is 18.0. The Hall–Kier alpha value is -6.32. The van der Waals surface area contributed by atoms with Gasteiger partial charge in [0.25, 0.3) is 11.8 Å². The summed E-state index contributed by atoms with van der Waals surface area (Å²) >= 11 is 0. The van der Waals surface area contributed by atoms with Gasteiger partial charge < -0.3 is 44.9 Å². The van der Waals surface area contributed by atoms with Crippen LogP contribution in [0.25, 0.3) is 12.2 Å². The van der Waals surface area contributed by atoms with Crippen LogP contribution in [0.3, 0.4) is 0 Å². The van der Waals surface area contributed by atoms with Crippen LogP contribution in [-0.2, 0) is 38.6 Å². The zero-order chi connectivity index (χ0) is 56.4. The average Bonchev–Trinajstić information content (AvgIpc) is 3.13. The first-order chi connectivity index (χ1) is 37.8. The summed E-state index contributed by atoms with van der Waals surface area (Å²) in [7, 11) is -3.83. The molecule has 426 valence electrons. The summed E-state index contributed by atoms with van der Waals surface area (Å²) in [4.78, 5) is 67.3. The van der Waals surface area contributed by atoms with Gasteiger partial charge in [-0.05, 0) is 121 Å². The summed E-state index contributed by atoms with van der Waals surface area (Å²) in [6, 6.07) is 14.4. The number of para-hydroxylation sites is 1. The molecule has 4 atom stereocenters. The van der Waals surface area contributed by atoms with Gasteiger partial charge in [-0.1, -0.05) is 77.6 Å². The number of phenols is 1. The maximum absolute atomic E-state index is 14.3. The fourth-order valence-corrected chi connectivity index (χ4v) is 14.4. The van der Waals surface area contributed by atoms with E-state index in [9.17, 15) is 32.7 Å². The maximum Gasteiger partial charge on any atom is 0.323 e. The number of nitrogens with one attached hydrogen (secondary N) is 4. The summed E-state index contributed by atoms with van der Waals surface area (Å²) in [5, 5.41) is 18.9. The topological polar surface area (TPSA) is 250 Å². The Bertz CT molecular complexity index is 2920. The minimum absolute atomic E-state index is 0.0505. The van der Waals surface area contributed by atoms with E-state index in [0.717, 1.165) is 55.2 Å². The quantitative estimate of drug-likeness (QED) is 0.0317. The molecule has 1 aliphatic heterocycles. The number of nitrogens with zero attached hydrogens (tertiary/aromatic N) is 4. The highest BCUT2D eigenvalue weighted by molar-refractivity contribution is 7.89. The molecule has 0 radical (unpaired) electrons. The van der Waals surface area contributed by atoms with Gasteiger partial charge in [0.2, 0.25) is 21.9 Å². The van der Waals surface area contributed by atoms with Crippen LogP contribution < -0.4 is 25.4 Å². The predicted molar refractivity (Wildman–Crippen MR) is 301 cm³/mol. The molecule has 2 aromatic carbocycles. The van der Waals surface area contributed by atoms with Crippen LogP contribution in [0.15, 0.2) is 84.1 Å². The van der Waals surface area contributed by atoms with Gasteiger partial charge in [-0.15, -0.1) is 0 Å². The highest BCUT2D eigenvalue weighted by Gasteiger charge is 2.68. The van der Waals surface area contributed by atoms with Crippen LogP contribution in [0.4, 0.5) is 11.9 Å². The lowest BCUT2D eigenvalue weighted by molar-refractivity contribution is -0.127. The third kappa shape index (κ3) is 13.0. The largest absolute Gasteiger partial charge is 0.507 e. The number of phenolic OH excluding ortho intramolecular Hbond substituents is 1. The second-order valence-corrected chi connectivity index (χ2v) is 24.1. The van der Waals surface area contributed by atoms with Crippen molar-refractivity contribution < 1.29 is 51.6 Å². The molecule has 0 spiro atoms. The van der Waals surface area contributed by atoms with E-state index in [4.69, 9.17) is 18.9 Å². The van der Waals surface area contributed by atoms with E-state index in [1.165, 1.54) is 18.2 Å². The van der Waals surface area contributed by atoms with Crippen LogP contribution in [0.1, 0.15) is 107 Å². The lowest BCUT2D eigenvalue weighted by atomic mass is 9.67. The Labute approximate surface area is 464 Å². The summed E-state index contributed by atoms with van der Waals surface area (Å²) in [5.41, 5.74) is 2.42. The first-order valence-electron chi connectivity index (χ1n) is 27.8. The lowest BCUT2D eigenvalue weighted by Crippen LogP contribution is -2.46. The number of fused-ring (bicyclic) bond motifs is 4. The van der Waals surface area contributed by atoms with Crippen LogP contribution >= 0.6 is 0 Å². The van der Waals surface area contributed by atoms with Crippen molar-refractivity contribution in [2.45, 2.75) is 86.0 Å². The fourth-order valence-electron chi connectivity index (χ4n) is 12.6. The van der Waals surface area contributed by atoms with E-state index in [0.29, 0.717) is 69.4 Å². The van der Waals surface area contributed by atoms with Crippen molar-refractivity contribution in [3.63, 3.8) is 0 Å². The van der Waals surface area contributed by atoms with Crippen molar-refractivity contribution in [2.75, 3.05) is 95.4 Å². The molecule has 5 N–H and O–H groups in total. The van der Waals surface area contributed by atoms with Crippen LogP contribution in [0.2, 0.25) is 0 Å². The van der Waals surface area contributed by atoms with Gasteiger partial charge >= 0.3 is 6.01 Å². The molecule has 19 nitrogen and oxygen atoms in total. The number of aromatic hydroxyl groups is 1. The molecule has 2 amide bonds. The van der Waals surface area contributed by atoms with Gasteiger partial charge in [0.05, 0.1) is 63.0 Å². The van der Waals surface area contributed by atoms with Crippen molar-refractivity contribution in [3.05, 3.63) is 101 Å². The van der Waals surface area contributed by atoms with Crippen molar-refractivity contribution in [1.29, 1.82) is 0 Å². The predicted octanol–water partition coefficient (Wildman–Crippen LogP) is 7.15. The average molecular weight is 1110 g/mol. The molecule has 79 heavy (non-hydrogen) atoms. The molecule has 4 saturated carbocycles.